The number of rotatable bonds is 7. The van der Waals surface area contributed by atoms with E-state index in [4.69, 9.17) is 5.14 Å². The Bertz CT molecular complexity index is 637. The number of hydrogen-bond acceptors (Lipinski definition) is 5. The molecule has 0 bridgehead atoms. The maximum atomic E-state index is 11.9. The Morgan fingerprint density at radius 3 is 2.15 bits per heavy atom. The molecule has 3 N–H and O–H groups in total. The third-order valence-corrected chi connectivity index (χ3v) is 5.88. The Labute approximate surface area is 124 Å². The molecular formula is C11H18N2O4S3. The van der Waals surface area contributed by atoms with Crippen molar-refractivity contribution in [1.82, 2.24) is 4.72 Å². The zero-order chi connectivity index (χ0) is 15.4. The van der Waals surface area contributed by atoms with Gasteiger partial charge in [0.15, 0.2) is 0 Å². The van der Waals surface area contributed by atoms with E-state index in [1.807, 2.05) is 0 Å². The molecule has 6 nitrogen and oxygen atoms in total. The second kappa shape index (κ2) is 6.90. The quantitative estimate of drug-likeness (QED) is 0.714. The predicted octanol–water partition coefficient (Wildman–Crippen LogP) is 0.754. The van der Waals surface area contributed by atoms with Crippen LogP contribution < -0.4 is 9.86 Å². The Hall–Kier alpha value is -0.610. The largest absolute Gasteiger partial charge is 0.240 e. The summed E-state index contributed by atoms with van der Waals surface area (Å²) in [7, 11) is -6.96. The normalized spacial score (nSPS) is 12.8. The van der Waals surface area contributed by atoms with Crippen LogP contribution in [0.5, 0.6) is 0 Å². The summed E-state index contributed by atoms with van der Waals surface area (Å²) in [4.78, 5) is 0.971. The molecule has 1 rings (SSSR count). The smallest absolute Gasteiger partial charge is 0.229 e. The predicted molar refractivity (Wildman–Crippen MR) is 80.6 cm³/mol. The molecule has 114 valence electrons. The lowest BCUT2D eigenvalue weighted by Gasteiger charge is -2.09. The summed E-state index contributed by atoms with van der Waals surface area (Å²) in [6.07, 6.45) is 0. The molecular weight excluding hydrogens is 320 g/mol. The number of hydrogen-bond donors (Lipinski definition) is 2. The van der Waals surface area contributed by atoms with Gasteiger partial charge in [-0.15, -0.1) is 11.8 Å². The van der Waals surface area contributed by atoms with Crippen molar-refractivity contribution in [1.29, 1.82) is 0 Å². The highest BCUT2D eigenvalue weighted by Gasteiger charge is 2.14. The van der Waals surface area contributed by atoms with Crippen LogP contribution in [0.4, 0.5) is 0 Å². The first-order chi connectivity index (χ1) is 9.10. The second-order valence-corrected chi connectivity index (χ2v) is 9.08. The Morgan fingerprint density at radius 1 is 1.15 bits per heavy atom. The average Bonchev–Trinajstić information content (AvgIpc) is 2.26. The molecule has 20 heavy (non-hydrogen) atoms. The molecule has 0 saturated carbocycles. The minimum Gasteiger partial charge on any atom is -0.229 e. The van der Waals surface area contributed by atoms with E-state index in [2.05, 4.69) is 4.72 Å². The van der Waals surface area contributed by atoms with Crippen LogP contribution in [0.3, 0.4) is 0 Å². The first kappa shape index (κ1) is 17.4. The van der Waals surface area contributed by atoms with Gasteiger partial charge in [0.2, 0.25) is 20.0 Å². The van der Waals surface area contributed by atoms with E-state index in [9.17, 15) is 16.8 Å². The number of nitrogens with one attached hydrogen (secondary N) is 1. The fourth-order valence-electron chi connectivity index (χ4n) is 1.37. The van der Waals surface area contributed by atoms with Crippen LogP contribution >= 0.6 is 11.8 Å². The van der Waals surface area contributed by atoms with Gasteiger partial charge >= 0.3 is 0 Å². The van der Waals surface area contributed by atoms with Crippen LogP contribution in [0, 0.1) is 0 Å². The highest BCUT2D eigenvalue weighted by Crippen LogP contribution is 2.20. The number of benzene rings is 1. The number of primary sulfonamides is 1. The van der Waals surface area contributed by atoms with E-state index in [-0.39, 0.29) is 16.7 Å². The monoisotopic (exact) mass is 338 g/mol. The Balaban J connectivity index is 2.70. The van der Waals surface area contributed by atoms with E-state index in [1.165, 1.54) is 23.9 Å². The Morgan fingerprint density at radius 2 is 1.70 bits per heavy atom. The van der Waals surface area contributed by atoms with E-state index >= 15 is 0 Å². The van der Waals surface area contributed by atoms with Crippen molar-refractivity contribution in [3.05, 3.63) is 24.3 Å². The van der Waals surface area contributed by atoms with Gasteiger partial charge in [0, 0.05) is 16.7 Å². The number of thioether (sulfide) groups is 1. The fourth-order valence-corrected chi connectivity index (χ4v) is 4.45. The van der Waals surface area contributed by atoms with Gasteiger partial charge < -0.3 is 0 Å². The van der Waals surface area contributed by atoms with Gasteiger partial charge in [-0.2, -0.15) is 0 Å². The standard InChI is InChI=1S/C11H18N2O4S3/c1-9(2)13-20(16,17)11-5-3-10(4-6-11)18-7-8-19(12,14)15/h3-6,9,13H,7-8H2,1-2H3,(H2,12,14,15). The van der Waals surface area contributed by atoms with Crippen LogP contribution in [0.1, 0.15) is 13.8 Å². The van der Waals surface area contributed by atoms with Crippen molar-refractivity contribution in [2.45, 2.75) is 29.7 Å². The SMILES string of the molecule is CC(C)NS(=O)(=O)c1ccc(SCCS(N)(=O)=O)cc1. The zero-order valence-corrected chi connectivity index (χ0v) is 13.7. The van der Waals surface area contributed by atoms with Gasteiger partial charge in [-0.25, -0.2) is 26.7 Å². The topological polar surface area (TPSA) is 106 Å². The Kier molecular flexibility index (Phi) is 6.02. The van der Waals surface area contributed by atoms with Crippen LogP contribution in [0.2, 0.25) is 0 Å². The average molecular weight is 338 g/mol. The molecule has 1 aromatic carbocycles. The molecule has 0 aliphatic carbocycles. The third-order valence-electron chi connectivity index (χ3n) is 2.16. The van der Waals surface area contributed by atoms with Gasteiger partial charge in [0.1, 0.15) is 0 Å². The highest BCUT2D eigenvalue weighted by atomic mass is 32.2. The lowest BCUT2D eigenvalue weighted by molar-refractivity contribution is 0.569. The lowest BCUT2D eigenvalue weighted by Crippen LogP contribution is -2.30. The molecule has 0 unspecified atom stereocenters. The van der Waals surface area contributed by atoms with Crippen LogP contribution in [-0.2, 0) is 20.0 Å². The number of nitrogens with two attached hydrogens (primary N) is 1. The summed E-state index contributed by atoms with van der Waals surface area (Å²) < 4.78 is 47.8. The molecule has 9 heteroatoms. The molecule has 0 aliphatic heterocycles. The fraction of sp³-hybridized carbons (Fsp3) is 0.455. The van der Waals surface area contributed by atoms with Crippen LogP contribution in [0.25, 0.3) is 0 Å². The molecule has 0 saturated heterocycles. The van der Waals surface area contributed by atoms with Crippen molar-refractivity contribution in [2.75, 3.05) is 11.5 Å². The van der Waals surface area contributed by atoms with Crippen molar-refractivity contribution < 1.29 is 16.8 Å². The lowest BCUT2D eigenvalue weighted by atomic mass is 10.4. The molecule has 0 aromatic heterocycles. The summed E-state index contributed by atoms with van der Waals surface area (Å²) in [6, 6.07) is 6.09. The van der Waals surface area contributed by atoms with E-state index in [0.717, 1.165) is 4.90 Å². The van der Waals surface area contributed by atoms with Gasteiger partial charge in [-0.1, -0.05) is 0 Å². The molecule has 0 amide bonds. The molecule has 0 radical (unpaired) electrons. The summed E-state index contributed by atoms with van der Waals surface area (Å²) in [5.74, 6) is 0.210. The maximum Gasteiger partial charge on any atom is 0.240 e. The third kappa shape index (κ3) is 6.23. The van der Waals surface area contributed by atoms with Crippen molar-refractivity contribution in [3.63, 3.8) is 0 Å². The van der Waals surface area contributed by atoms with Crippen molar-refractivity contribution >= 4 is 31.8 Å². The first-order valence-electron chi connectivity index (χ1n) is 5.86. The van der Waals surface area contributed by atoms with Crippen LogP contribution in [0.15, 0.2) is 34.1 Å². The summed E-state index contributed by atoms with van der Waals surface area (Å²) >= 11 is 1.31. The molecule has 0 aliphatic rings. The summed E-state index contributed by atoms with van der Waals surface area (Å²) in [6.45, 7) is 3.49. The molecule has 1 aromatic rings. The van der Waals surface area contributed by atoms with Crippen molar-refractivity contribution in [3.8, 4) is 0 Å². The van der Waals surface area contributed by atoms with Gasteiger partial charge in [0.25, 0.3) is 0 Å². The molecule has 0 spiro atoms. The van der Waals surface area contributed by atoms with E-state index in [1.54, 1.807) is 26.0 Å². The minimum atomic E-state index is -3.50. The van der Waals surface area contributed by atoms with Gasteiger partial charge in [-0.05, 0) is 38.1 Å². The van der Waals surface area contributed by atoms with Gasteiger partial charge in [-0.3, -0.25) is 0 Å². The number of sulfonamides is 2. The summed E-state index contributed by atoms with van der Waals surface area (Å²) in [5.41, 5.74) is 0. The minimum absolute atomic E-state index is 0.118. The van der Waals surface area contributed by atoms with Crippen LogP contribution in [-0.4, -0.2) is 34.4 Å². The van der Waals surface area contributed by atoms with E-state index < -0.39 is 20.0 Å². The zero-order valence-electron chi connectivity index (χ0n) is 11.2. The van der Waals surface area contributed by atoms with Crippen molar-refractivity contribution in [2.24, 2.45) is 5.14 Å². The first-order valence-corrected chi connectivity index (χ1v) is 10.0. The molecule has 0 atom stereocenters. The molecule has 0 fully saturated rings. The highest BCUT2D eigenvalue weighted by molar-refractivity contribution is 8.00. The van der Waals surface area contributed by atoms with Gasteiger partial charge in [0.05, 0.1) is 10.6 Å². The van der Waals surface area contributed by atoms with E-state index in [0.29, 0.717) is 5.75 Å². The second-order valence-electron chi connectivity index (χ2n) is 4.46. The molecule has 0 heterocycles. The summed E-state index contributed by atoms with van der Waals surface area (Å²) in [5, 5.41) is 4.90. The maximum absolute atomic E-state index is 11.9.